The molecule has 1 aliphatic heterocycles. The third-order valence-corrected chi connectivity index (χ3v) is 4.02. The van der Waals surface area contributed by atoms with E-state index < -0.39 is 5.41 Å². The largest absolute Gasteiger partial charge is 0.374 e. The first-order valence-corrected chi connectivity index (χ1v) is 6.74. The predicted molar refractivity (Wildman–Crippen MR) is 66.8 cm³/mol. The maximum atomic E-state index is 12.0. The Morgan fingerprint density at radius 1 is 1.61 bits per heavy atom. The highest BCUT2D eigenvalue weighted by molar-refractivity contribution is 5.86. The van der Waals surface area contributed by atoms with E-state index in [2.05, 4.69) is 23.2 Å². The van der Waals surface area contributed by atoms with Gasteiger partial charge in [0.15, 0.2) is 0 Å². The molecule has 1 N–H and O–H groups in total. The van der Waals surface area contributed by atoms with Crippen molar-refractivity contribution in [2.45, 2.75) is 32.3 Å². The Kier molecular flexibility index (Phi) is 4.20. The minimum absolute atomic E-state index is 0.0541. The minimum Gasteiger partial charge on any atom is -0.374 e. The Balaban J connectivity index is 1.77. The number of carbonyl (C=O) groups is 1. The molecular weight excluding hydrogens is 230 g/mol. The molecule has 2 aliphatic rings. The number of likely N-dealkylation sites (N-methyl/N-ethyl adjacent to an activating group) is 1. The first-order valence-electron chi connectivity index (χ1n) is 6.74. The molecule has 18 heavy (non-hydrogen) atoms. The molecule has 5 nitrogen and oxygen atoms in total. The fraction of sp³-hybridized carbons (Fsp3) is 0.846. The number of hydrogen-bond acceptors (Lipinski definition) is 4. The second kappa shape index (κ2) is 5.68. The quantitative estimate of drug-likeness (QED) is 0.791. The summed E-state index contributed by atoms with van der Waals surface area (Å²) in [4.78, 5) is 14.3. The van der Waals surface area contributed by atoms with Gasteiger partial charge in [0.05, 0.1) is 18.8 Å². The lowest BCUT2D eigenvalue weighted by atomic mass is 9.69. The van der Waals surface area contributed by atoms with Crippen molar-refractivity contribution in [3.8, 4) is 6.07 Å². The predicted octanol–water partition coefficient (Wildman–Crippen LogP) is 0.517. The van der Waals surface area contributed by atoms with Gasteiger partial charge in [0.2, 0.25) is 5.91 Å². The molecule has 0 aromatic heterocycles. The van der Waals surface area contributed by atoms with E-state index >= 15 is 0 Å². The van der Waals surface area contributed by atoms with Crippen LogP contribution in [0.15, 0.2) is 0 Å². The molecule has 0 spiro atoms. The zero-order chi connectivity index (χ0) is 13.0. The van der Waals surface area contributed by atoms with Crippen LogP contribution in [0.25, 0.3) is 0 Å². The van der Waals surface area contributed by atoms with Crippen molar-refractivity contribution in [3.05, 3.63) is 0 Å². The molecule has 0 bridgehead atoms. The van der Waals surface area contributed by atoms with Gasteiger partial charge >= 0.3 is 0 Å². The van der Waals surface area contributed by atoms with Crippen LogP contribution in [0.4, 0.5) is 0 Å². The van der Waals surface area contributed by atoms with Gasteiger partial charge in [-0.3, -0.25) is 9.69 Å². The highest BCUT2D eigenvalue weighted by atomic mass is 16.5. The molecule has 0 aromatic carbocycles. The van der Waals surface area contributed by atoms with Crippen LogP contribution in [0.1, 0.15) is 26.2 Å². The molecule has 2 rings (SSSR count). The summed E-state index contributed by atoms with van der Waals surface area (Å²) in [6.45, 7) is 6.19. The molecular formula is C13H21N3O2. The van der Waals surface area contributed by atoms with Crippen LogP contribution >= 0.6 is 0 Å². The van der Waals surface area contributed by atoms with Crippen LogP contribution in [0, 0.1) is 16.7 Å². The summed E-state index contributed by atoms with van der Waals surface area (Å²) in [7, 11) is 0. The topological polar surface area (TPSA) is 65.4 Å². The van der Waals surface area contributed by atoms with Gasteiger partial charge in [0.1, 0.15) is 5.41 Å². The molecule has 0 radical (unpaired) electrons. The average Bonchev–Trinajstić information content (AvgIpc) is 2.36. The van der Waals surface area contributed by atoms with E-state index in [-0.39, 0.29) is 12.0 Å². The van der Waals surface area contributed by atoms with Gasteiger partial charge in [-0.1, -0.05) is 6.92 Å². The smallest absolute Gasteiger partial charge is 0.240 e. The monoisotopic (exact) mass is 251 g/mol. The van der Waals surface area contributed by atoms with E-state index in [0.717, 1.165) is 32.7 Å². The summed E-state index contributed by atoms with van der Waals surface area (Å²) in [5, 5.41) is 12.0. The standard InChI is InChI=1S/C13H21N3O2/c1-2-16-6-7-18-11(9-16)8-15-12(17)13(10-14)4-3-5-13/h11H,2-9H2,1H3,(H,15,17). The number of amides is 1. The van der Waals surface area contributed by atoms with Crippen LogP contribution < -0.4 is 5.32 Å². The number of ether oxygens (including phenoxy) is 1. The first kappa shape index (κ1) is 13.3. The molecule has 0 aromatic rings. The third-order valence-electron chi connectivity index (χ3n) is 4.02. The molecule has 1 unspecified atom stereocenters. The molecule has 5 heteroatoms. The SMILES string of the molecule is CCN1CCOC(CNC(=O)C2(C#N)CCC2)C1. The zero-order valence-electron chi connectivity index (χ0n) is 10.9. The first-order chi connectivity index (χ1) is 8.70. The minimum atomic E-state index is -0.751. The Hall–Kier alpha value is -1.12. The van der Waals surface area contributed by atoms with Gasteiger partial charge in [0.25, 0.3) is 0 Å². The third kappa shape index (κ3) is 2.65. The molecule has 1 atom stereocenters. The van der Waals surface area contributed by atoms with Crippen LogP contribution in [-0.2, 0) is 9.53 Å². The van der Waals surface area contributed by atoms with E-state index in [0.29, 0.717) is 19.4 Å². The van der Waals surface area contributed by atoms with Gasteiger partial charge in [-0.2, -0.15) is 5.26 Å². The van der Waals surface area contributed by atoms with E-state index in [1.165, 1.54) is 0 Å². The Morgan fingerprint density at radius 3 is 2.94 bits per heavy atom. The molecule has 1 heterocycles. The van der Waals surface area contributed by atoms with Crippen LogP contribution in [-0.4, -0.2) is 49.7 Å². The number of nitrogens with one attached hydrogen (secondary N) is 1. The number of nitriles is 1. The van der Waals surface area contributed by atoms with Crippen LogP contribution in [0.2, 0.25) is 0 Å². The van der Waals surface area contributed by atoms with Crippen LogP contribution in [0.3, 0.4) is 0 Å². The summed E-state index contributed by atoms with van der Waals surface area (Å²) in [5.41, 5.74) is -0.751. The number of hydrogen-bond donors (Lipinski definition) is 1. The number of rotatable bonds is 4. The lowest BCUT2D eigenvalue weighted by molar-refractivity contribution is -0.132. The Bertz CT molecular complexity index is 347. The van der Waals surface area contributed by atoms with Crippen molar-refractivity contribution in [1.29, 1.82) is 5.26 Å². The molecule has 1 saturated carbocycles. The van der Waals surface area contributed by atoms with Gasteiger partial charge in [0, 0.05) is 19.6 Å². The highest BCUT2D eigenvalue weighted by Gasteiger charge is 2.44. The number of morpholine rings is 1. The van der Waals surface area contributed by atoms with E-state index in [9.17, 15) is 4.79 Å². The van der Waals surface area contributed by atoms with Gasteiger partial charge in [-0.15, -0.1) is 0 Å². The maximum absolute atomic E-state index is 12.0. The lowest BCUT2D eigenvalue weighted by Crippen LogP contribution is -2.51. The Morgan fingerprint density at radius 2 is 2.39 bits per heavy atom. The fourth-order valence-electron chi connectivity index (χ4n) is 2.49. The summed E-state index contributed by atoms with van der Waals surface area (Å²) in [5.74, 6) is -0.117. The summed E-state index contributed by atoms with van der Waals surface area (Å²) >= 11 is 0. The zero-order valence-corrected chi connectivity index (χ0v) is 10.9. The van der Waals surface area contributed by atoms with Crippen LogP contribution in [0.5, 0.6) is 0 Å². The summed E-state index contributed by atoms with van der Waals surface area (Å²) in [6.07, 6.45) is 2.42. The van der Waals surface area contributed by atoms with Crippen molar-refractivity contribution in [2.75, 3.05) is 32.8 Å². The van der Waals surface area contributed by atoms with Gasteiger partial charge in [-0.25, -0.2) is 0 Å². The molecule has 1 amide bonds. The second-order valence-corrected chi connectivity index (χ2v) is 5.14. The van der Waals surface area contributed by atoms with E-state index in [1.807, 2.05) is 0 Å². The Labute approximate surface area is 108 Å². The molecule has 2 fully saturated rings. The number of carbonyl (C=O) groups excluding carboxylic acids is 1. The molecule has 1 saturated heterocycles. The van der Waals surface area contributed by atoms with E-state index in [4.69, 9.17) is 10.00 Å². The number of nitrogens with zero attached hydrogens (tertiary/aromatic N) is 2. The molecule has 1 aliphatic carbocycles. The summed E-state index contributed by atoms with van der Waals surface area (Å²) < 4.78 is 5.62. The van der Waals surface area contributed by atoms with E-state index in [1.54, 1.807) is 0 Å². The van der Waals surface area contributed by atoms with Crippen molar-refractivity contribution in [2.24, 2.45) is 5.41 Å². The van der Waals surface area contributed by atoms with Crippen molar-refractivity contribution in [1.82, 2.24) is 10.2 Å². The van der Waals surface area contributed by atoms with Crippen molar-refractivity contribution in [3.63, 3.8) is 0 Å². The fourth-order valence-corrected chi connectivity index (χ4v) is 2.49. The average molecular weight is 251 g/mol. The summed E-state index contributed by atoms with van der Waals surface area (Å²) in [6, 6.07) is 2.16. The van der Waals surface area contributed by atoms with Gasteiger partial charge in [-0.05, 0) is 25.8 Å². The van der Waals surface area contributed by atoms with Gasteiger partial charge < -0.3 is 10.1 Å². The maximum Gasteiger partial charge on any atom is 0.240 e. The van der Waals surface area contributed by atoms with Crippen molar-refractivity contribution < 1.29 is 9.53 Å². The second-order valence-electron chi connectivity index (χ2n) is 5.14. The normalized spacial score (nSPS) is 27.0. The lowest BCUT2D eigenvalue weighted by Gasteiger charge is -2.35. The highest BCUT2D eigenvalue weighted by Crippen LogP contribution is 2.40. The van der Waals surface area contributed by atoms with Crippen molar-refractivity contribution >= 4 is 5.91 Å². The molecule has 100 valence electrons.